The molecule has 0 heterocycles. The van der Waals surface area contributed by atoms with Crippen LogP contribution in [0.15, 0.2) is 42.5 Å². The largest absolute Gasteiger partial charge is 0.365 e. The van der Waals surface area contributed by atoms with Gasteiger partial charge in [0.1, 0.15) is 0 Å². The van der Waals surface area contributed by atoms with E-state index in [2.05, 4.69) is 68.2 Å². The van der Waals surface area contributed by atoms with Gasteiger partial charge < -0.3 is 4.90 Å². The topological polar surface area (TPSA) is 3.24 Å². The first-order valence-electron chi connectivity index (χ1n) is 5.18. The van der Waals surface area contributed by atoms with Crippen molar-refractivity contribution in [1.29, 1.82) is 0 Å². The highest BCUT2D eigenvalue weighted by molar-refractivity contribution is 5.47. The molecule has 0 spiro atoms. The van der Waals surface area contributed by atoms with Gasteiger partial charge in [-0.2, -0.15) is 0 Å². The third-order valence-corrected chi connectivity index (χ3v) is 2.25. The molecule has 76 valence electrons. The molecule has 14 heavy (non-hydrogen) atoms. The van der Waals surface area contributed by atoms with Gasteiger partial charge in [-0.15, -0.1) is 0 Å². The molecule has 0 aromatic heterocycles. The molecule has 0 radical (unpaired) electrons. The zero-order valence-electron chi connectivity index (χ0n) is 9.27. The lowest BCUT2D eigenvalue weighted by atomic mass is 10.2. The second kappa shape index (κ2) is 5.48. The molecule has 0 unspecified atom stereocenters. The smallest absolute Gasteiger partial charge is 0.0371 e. The van der Waals surface area contributed by atoms with Crippen molar-refractivity contribution in [2.75, 3.05) is 11.4 Å². The van der Waals surface area contributed by atoms with E-state index in [0.29, 0.717) is 6.04 Å². The Hall–Kier alpha value is -1.24. The average molecular weight is 189 g/mol. The van der Waals surface area contributed by atoms with E-state index < -0.39 is 0 Å². The minimum absolute atomic E-state index is 0.536. The lowest BCUT2D eigenvalue weighted by molar-refractivity contribution is 0.723. The Morgan fingerprint density at radius 1 is 1.21 bits per heavy atom. The first kappa shape index (κ1) is 10.8. The molecule has 0 aliphatic carbocycles. The predicted molar refractivity (Wildman–Crippen MR) is 63.7 cm³/mol. The van der Waals surface area contributed by atoms with Crippen molar-refractivity contribution >= 4 is 5.69 Å². The third-order valence-electron chi connectivity index (χ3n) is 2.25. The molecule has 0 saturated heterocycles. The fraction of sp³-hybridized carbons (Fsp3) is 0.385. The van der Waals surface area contributed by atoms with Crippen LogP contribution in [0.4, 0.5) is 5.69 Å². The molecule has 0 aliphatic rings. The Bertz CT molecular complexity index is 275. The molecule has 1 rings (SSSR count). The maximum Gasteiger partial charge on any atom is 0.0371 e. The highest BCUT2D eigenvalue weighted by atomic mass is 15.1. The maximum absolute atomic E-state index is 2.38. The van der Waals surface area contributed by atoms with E-state index >= 15 is 0 Å². The highest BCUT2D eigenvalue weighted by Gasteiger charge is 2.07. The van der Waals surface area contributed by atoms with Crippen molar-refractivity contribution in [1.82, 2.24) is 0 Å². The van der Waals surface area contributed by atoms with E-state index in [1.54, 1.807) is 0 Å². The second-order valence-electron chi connectivity index (χ2n) is 3.65. The second-order valence-corrected chi connectivity index (χ2v) is 3.65. The zero-order chi connectivity index (χ0) is 10.4. The van der Waals surface area contributed by atoms with E-state index in [1.807, 2.05) is 0 Å². The van der Waals surface area contributed by atoms with E-state index in [1.165, 1.54) is 5.69 Å². The van der Waals surface area contributed by atoms with Gasteiger partial charge in [-0.1, -0.05) is 30.4 Å². The lowest BCUT2D eigenvalue weighted by Gasteiger charge is -2.27. The van der Waals surface area contributed by atoms with Gasteiger partial charge in [0.2, 0.25) is 0 Å². The molecule has 0 fully saturated rings. The molecule has 1 aromatic carbocycles. The first-order valence-corrected chi connectivity index (χ1v) is 5.18. The monoisotopic (exact) mass is 189 g/mol. The van der Waals surface area contributed by atoms with Gasteiger partial charge in [0.15, 0.2) is 0 Å². The van der Waals surface area contributed by atoms with Gasteiger partial charge >= 0.3 is 0 Å². The normalized spacial score (nSPS) is 11.1. The Morgan fingerprint density at radius 2 is 1.86 bits per heavy atom. The van der Waals surface area contributed by atoms with Crippen molar-refractivity contribution in [2.45, 2.75) is 26.8 Å². The molecule has 0 N–H and O–H groups in total. The summed E-state index contributed by atoms with van der Waals surface area (Å²) >= 11 is 0. The van der Waals surface area contributed by atoms with Crippen molar-refractivity contribution in [2.24, 2.45) is 0 Å². The minimum atomic E-state index is 0.536. The quantitative estimate of drug-likeness (QED) is 0.655. The average Bonchev–Trinajstić information content (AvgIpc) is 2.19. The predicted octanol–water partition coefficient (Wildman–Crippen LogP) is 3.48. The maximum atomic E-state index is 2.38. The van der Waals surface area contributed by atoms with Crippen LogP contribution in [0.2, 0.25) is 0 Å². The molecular weight excluding hydrogens is 170 g/mol. The van der Waals surface area contributed by atoms with Crippen molar-refractivity contribution in [3.63, 3.8) is 0 Å². The van der Waals surface area contributed by atoms with Crippen LogP contribution in [0.1, 0.15) is 20.8 Å². The number of rotatable bonds is 4. The third kappa shape index (κ3) is 2.91. The minimum Gasteiger partial charge on any atom is -0.365 e. The van der Waals surface area contributed by atoms with E-state index in [4.69, 9.17) is 0 Å². The van der Waals surface area contributed by atoms with Crippen LogP contribution in [-0.2, 0) is 0 Å². The fourth-order valence-electron chi connectivity index (χ4n) is 1.45. The van der Waals surface area contributed by atoms with Crippen LogP contribution < -0.4 is 4.90 Å². The number of benzene rings is 1. The Kier molecular flexibility index (Phi) is 4.24. The lowest BCUT2D eigenvalue weighted by Crippen LogP contribution is -2.30. The molecule has 0 atom stereocenters. The number of hydrogen-bond donors (Lipinski definition) is 0. The van der Waals surface area contributed by atoms with Crippen molar-refractivity contribution < 1.29 is 0 Å². The van der Waals surface area contributed by atoms with Gasteiger partial charge in [-0.05, 0) is 32.9 Å². The summed E-state index contributed by atoms with van der Waals surface area (Å²) in [5.74, 6) is 0. The summed E-state index contributed by atoms with van der Waals surface area (Å²) in [7, 11) is 0. The molecule has 0 bridgehead atoms. The first-order chi connectivity index (χ1) is 6.75. The molecule has 1 nitrogen and oxygen atoms in total. The molecule has 1 aromatic rings. The van der Waals surface area contributed by atoms with Gasteiger partial charge in [0, 0.05) is 18.3 Å². The van der Waals surface area contributed by atoms with Crippen LogP contribution in [0.25, 0.3) is 0 Å². The number of hydrogen-bond acceptors (Lipinski definition) is 1. The Balaban J connectivity index is 2.78. The summed E-state index contributed by atoms with van der Waals surface area (Å²) in [5.41, 5.74) is 1.29. The van der Waals surface area contributed by atoms with E-state index in [0.717, 1.165) is 6.54 Å². The van der Waals surface area contributed by atoms with Crippen molar-refractivity contribution in [3.8, 4) is 0 Å². The Labute approximate surface area is 87.1 Å². The summed E-state index contributed by atoms with van der Waals surface area (Å²) in [5, 5.41) is 0. The van der Waals surface area contributed by atoms with Gasteiger partial charge in [0.05, 0.1) is 0 Å². The summed E-state index contributed by atoms with van der Waals surface area (Å²) in [6.07, 6.45) is 4.28. The van der Waals surface area contributed by atoms with Gasteiger partial charge in [0.25, 0.3) is 0 Å². The molecule has 1 heteroatoms. The van der Waals surface area contributed by atoms with Crippen LogP contribution in [-0.4, -0.2) is 12.6 Å². The van der Waals surface area contributed by atoms with Gasteiger partial charge in [-0.3, -0.25) is 0 Å². The summed E-state index contributed by atoms with van der Waals surface area (Å²) < 4.78 is 0. The van der Waals surface area contributed by atoms with Crippen molar-refractivity contribution in [3.05, 3.63) is 42.5 Å². The fourth-order valence-corrected chi connectivity index (χ4v) is 1.45. The molecule has 0 aliphatic heterocycles. The summed E-state index contributed by atoms with van der Waals surface area (Å²) in [6.45, 7) is 7.48. The van der Waals surface area contributed by atoms with Crippen LogP contribution >= 0.6 is 0 Å². The molecular formula is C13H19N. The number of para-hydroxylation sites is 1. The summed E-state index contributed by atoms with van der Waals surface area (Å²) in [4.78, 5) is 2.38. The van der Waals surface area contributed by atoms with Crippen LogP contribution in [0, 0.1) is 0 Å². The standard InChI is InChI=1S/C13H19N/c1-4-5-11-14(12(2)3)13-9-7-6-8-10-13/h4-10,12H,11H2,1-3H3/b5-4-. The number of anilines is 1. The van der Waals surface area contributed by atoms with Crippen LogP contribution in [0.3, 0.4) is 0 Å². The number of nitrogens with zero attached hydrogens (tertiary/aromatic N) is 1. The Morgan fingerprint density at radius 3 is 2.36 bits per heavy atom. The van der Waals surface area contributed by atoms with Gasteiger partial charge in [-0.25, -0.2) is 0 Å². The number of allylic oxidation sites excluding steroid dienone is 1. The van der Waals surface area contributed by atoms with Crippen LogP contribution in [0.5, 0.6) is 0 Å². The van der Waals surface area contributed by atoms with E-state index in [9.17, 15) is 0 Å². The zero-order valence-corrected chi connectivity index (χ0v) is 9.27. The SMILES string of the molecule is C/C=C\CN(c1ccccc1)C(C)C. The molecule has 0 amide bonds. The van der Waals surface area contributed by atoms with E-state index in [-0.39, 0.29) is 0 Å². The molecule has 0 saturated carbocycles. The summed E-state index contributed by atoms with van der Waals surface area (Å²) in [6, 6.07) is 11.1. The highest BCUT2D eigenvalue weighted by Crippen LogP contribution is 2.15.